The molecule has 0 saturated heterocycles. The van der Waals surface area contributed by atoms with Crippen LogP contribution < -0.4 is 10.9 Å². The fourth-order valence-electron chi connectivity index (χ4n) is 2.38. The zero-order chi connectivity index (χ0) is 20.2. The molecule has 0 unspecified atom stereocenters. The Hall–Kier alpha value is -3.10. The molecular formula is C18H22F2N6O. The van der Waals surface area contributed by atoms with Gasteiger partial charge in [-0.3, -0.25) is 26.0 Å². The van der Waals surface area contributed by atoms with E-state index in [0.717, 1.165) is 13.8 Å². The number of amides is 1. The molecule has 7 nitrogen and oxygen atoms in total. The molecule has 0 aromatic heterocycles. The molecule has 0 spiro atoms. The van der Waals surface area contributed by atoms with Crippen molar-refractivity contribution in [3.8, 4) is 0 Å². The number of alkyl halides is 1. The number of carbonyl (C=O) groups excluding carboxylic acids is 1. The van der Waals surface area contributed by atoms with Gasteiger partial charge in [0.05, 0.1) is 6.54 Å². The fourth-order valence-corrected chi connectivity index (χ4v) is 2.38. The van der Waals surface area contributed by atoms with Crippen LogP contribution in [0.4, 0.5) is 8.78 Å². The molecule has 0 fully saturated rings. The molecule has 1 aromatic carbocycles. The topological polar surface area (TPSA) is 92.9 Å². The van der Waals surface area contributed by atoms with Crippen molar-refractivity contribution in [1.29, 1.82) is 5.41 Å². The lowest BCUT2D eigenvalue weighted by Crippen LogP contribution is -2.50. The van der Waals surface area contributed by atoms with E-state index in [4.69, 9.17) is 5.41 Å². The normalized spacial score (nSPS) is 17.3. The van der Waals surface area contributed by atoms with Gasteiger partial charge in [-0.25, -0.2) is 13.8 Å². The molecule has 1 aliphatic heterocycles. The number of hydrazone groups is 1. The lowest BCUT2D eigenvalue weighted by atomic mass is 10.1. The second kappa shape index (κ2) is 8.07. The van der Waals surface area contributed by atoms with Gasteiger partial charge in [-0.05, 0) is 26.8 Å². The van der Waals surface area contributed by atoms with Crippen molar-refractivity contribution in [3.05, 3.63) is 47.3 Å². The Balaban J connectivity index is 2.22. The number of hydrogen-bond acceptors (Lipinski definition) is 4. The van der Waals surface area contributed by atoms with Crippen molar-refractivity contribution in [2.24, 2.45) is 10.1 Å². The molecule has 1 amide bonds. The minimum atomic E-state index is -2.10. The predicted octanol–water partition coefficient (Wildman–Crippen LogP) is 2.32. The summed E-state index contributed by atoms with van der Waals surface area (Å²) in [5.41, 5.74) is 3.56. The number of benzene rings is 1. The zero-order valence-electron chi connectivity index (χ0n) is 15.6. The Morgan fingerprint density at radius 3 is 2.59 bits per heavy atom. The van der Waals surface area contributed by atoms with Crippen molar-refractivity contribution in [3.63, 3.8) is 0 Å². The number of carbonyl (C=O) groups is 1. The number of nitrogens with zero attached hydrogens (tertiary/aromatic N) is 3. The quantitative estimate of drug-likeness (QED) is 0.428. The standard InChI is InChI=1S/C18H22F2N6O/c1-5-12-14(15(21)23-24-17(27)18(2,3)20)25-26(16(12)22-4)10-11-8-6-7-9-13(11)19/h5-9H,10H2,1-4H3,(H2,21,23)(H,24,27)/b12-5-,22-16+. The molecule has 3 N–H and O–H groups in total. The maximum absolute atomic E-state index is 14.0. The van der Waals surface area contributed by atoms with Crippen LogP contribution in [0.15, 0.2) is 46.0 Å². The average molecular weight is 376 g/mol. The number of nitrogens with one attached hydrogen (secondary N) is 3. The Bertz CT molecular complexity index is 838. The molecular weight excluding hydrogens is 354 g/mol. The molecule has 27 heavy (non-hydrogen) atoms. The zero-order valence-corrected chi connectivity index (χ0v) is 15.6. The third-order valence-corrected chi connectivity index (χ3v) is 3.82. The third-order valence-electron chi connectivity index (χ3n) is 3.82. The van der Waals surface area contributed by atoms with E-state index in [1.54, 1.807) is 38.2 Å². The molecule has 1 aliphatic rings. The predicted molar refractivity (Wildman–Crippen MR) is 101 cm³/mol. The Labute approximate surface area is 156 Å². The van der Waals surface area contributed by atoms with Crippen LogP contribution in [-0.2, 0) is 11.3 Å². The molecule has 0 saturated carbocycles. The summed E-state index contributed by atoms with van der Waals surface area (Å²) in [5, 5.41) is 13.9. The number of aliphatic imine (C=N–C) groups is 1. The number of amidine groups is 2. The van der Waals surface area contributed by atoms with Gasteiger partial charge in [0.1, 0.15) is 11.5 Å². The van der Waals surface area contributed by atoms with E-state index in [2.05, 4.69) is 20.9 Å². The van der Waals surface area contributed by atoms with E-state index in [0.29, 0.717) is 17.0 Å². The minimum Gasteiger partial charge on any atom is -0.281 e. The summed E-state index contributed by atoms with van der Waals surface area (Å²) in [7, 11) is 1.57. The van der Waals surface area contributed by atoms with Gasteiger partial charge in [-0.15, -0.1) is 0 Å². The van der Waals surface area contributed by atoms with Crippen molar-refractivity contribution in [2.75, 3.05) is 7.05 Å². The molecule has 0 bridgehead atoms. The first-order valence-corrected chi connectivity index (χ1v) is 8.26. The van der Waals surface area contributed by atoms with Crippen LogP contribution in [0.2, 0.25) is 0 Å². The van der Waals surface area contributed by atoms with Gasteiger partial charge >= 0.3 is 0 Å². The van der Waals surface area contributed by atoms with E-state index in [9.17, 15) is 13.6 Å². The highest BCUT2D eigenvalue weighted by Crippen LogP contribution is 2.21. The maximum atomic E-state index is 14.0. The summed E-state index contributed by atoms with van der Waals surface area (Å²) < 4.78 is 27.5. The monoisotopic (exact) mass is 376 g/mol. The summed E-state index contributed by atoms with van der Waals surface area (Å²) in [6.07, 6.45) is 1.71. The van der Waals surface area contributed by atoms with Crippen molar-refractivity contribution < 1.29 is 13.6 Å². The molecule has 1 aromatic rings. The van der Waals surface area contributed by atoms with E-state index < -0.39 is 11.6 Å². The number of halogens is 2. The van der Waals surface area contributed by atoms with Crippen LogP contribution in [0.25, 0.3) is 0 Å². The van der Waals surface area contributed by atoms with Crippen molar-refractivity contribution in [2.45, 2.75) is 33.0 Å². The second-order valence-corrected chi connectivity index (χ2v) is 6.27. The Kier molecular flexibility index (Phi) is 6.04. The summed E-state index contributed by atoms with van der Waals surface area (Å²) in [5.74, 6) is -1.07. The number of hydrazine groups is 1. The van der Waals surface area contributed by atoms with Crippen LogP contribution >= 0.6 is 0 Å². The molecule has 1 heterocycles. The number of rotatable bonds is 4. The van der Waals surface area contributed by atoms with E-state index in [-0.39, 0.29) is 23.9 Å². The lowest BCUT2D eigenvalue weighted by Gasteiger charge is -2.15. The minimum absolute atomic E-state index is 0.122. The first-order chi connectivity index (χ1) is 12.7. The van der Waals surface area contributed by atoms with E-state index >= 15 is 0 Å². The lowest BCUT2D eigenvalue weighted by molar-refractivity contribution is -0.131. The van der Waals surface area contributed by atoms with Gasteiger partial charge in [0, 0.05) is 18.2 Å². The number of allylic oxidation sites excluding steroid dienone is 1. The van der Waals surface area contributed by atoms with Gasteiger partial charge in [-0.1, -0.05) is 24.3 Å². The van der Waals surface area contributed by atoms with E-state index in [1.807, 2.05) is 0 Å². The largest absolute Gasteiger partial charge is 0.281 e. The van der Waals surface area contributed by atoms with Gasteiger partial charge in [0.2, 0.25) is 0 Å². The fraction of sp³-hybridized carbons (Fsp3) is 0.333. The molecule has 144 valence electrons. The van der Waals surface area contributed by atoms with Crippen LogP contribution in [0.5, 0.6) is 0 Å². The van der Waals surface area contributed by atoms with Crippen LogP contribution in [-0.4, -0.2) is 41.0 Å². The maximum Gasteiger partial charge on any atom is 0.275 e. The van der Waals surface area contributed by atoms with Crippen molar-refractivity contribution >= 4 is 23.3 Å². The van der Waals surface area contributed by atoms with Crippen molar-refractivity contribution in [1.82, 2.24) is 15.9 Å². The molecule has 0 aliphatic carbocycles. The summed E-state index contributed by atoms with van der Waals surface area (Å²) in [4.78, 5) is 15.8. The molecule has 2 rings (SSSR count). The summed E-state index contributed by atoms with van der Waals surface area (Å²) >= 11 is 0. The Morgan fingerprint density at radius 1 is 1.37 bits per heavy atom. The van der Waals surface area contributed by atoms with Gasteiger partial charge in [0.25, 0.3) is 5.91 Å². The smallest absolute Gasteiger partial charge is 0.275 e. The van der Waals surface area contributed by atoms with Crippen LogP contribution in [0.3, 0.4) is 0 Å². The average Bonchev–Trinajstić information content (AvgIpc) is 2.97. The van der Waals surface area contributed by atoms with Gasteiger partial charge in [-0.2, -0.15) is 5.10 Å². The highest BCUT2D eigenvalue weighted by molar-refractivity contribution is 6.54. The third kappa shape index (κ3) is 4.55. The molecule has 0 atom stereocenters. The highest BCUT2D eigenvalue weighted by atomic mass is 19.1. The SMILES string of the molecule is C/C=C1/C(C(=N)NNC(=O)C(C)(C)F)=NN(Cc2ccccc2F)/C1=N/C. The Morgan fingerprint density at radius 2 is 2.04 bits per heavy atom. The number of hydrogen-bond donors (Lipinski definition) is 3. The molecule has 0 radical (unpaired) electrons. The summed E-state index contributed by atoms with van der Waals surface area (Å²) in [6.45, 7) is 4.09. The van der Waals surface area contributed by atoms with Crippen LogP contribution in [0, 0.1) is 11.2 Å². The first kappa shape index (κ1) is 20.2. The highest BCUT2D eigenvalue weighted by Gasteiger charge is 2.31. The molecule has 9 heteroatoms. The first-order valence-electron chi connectivity index (χ1n) is 8.26. The van der Waals surface area contributed by atoms with Crippen LogP contribution in [0.1, 0.15) is 26.3 Å². The van der Waals surface area contributed by atoms with Gasteiger partial charge < -0.3 is 0 Å². The summed E-state index contributed by atoms with van der Waals surface area (Å²) in [6, 6.07) is 6.31. The van der Waals surface area contributed by atoms with Gasteiger partial charge in [0.15, 0.2) is 17.3 Å². The van der Waals surface area contributed by atoms with E-state index in [1.165, 1.54) is 11.1 Å². The second-order valence-electron chi connectivity index (χ2n) is 6.27.